The second-order valence-electron chi connectivity index (χ2n) is 26.1. The molecule has 0 atom stereocenters. The van der Waals surface area contributed by atoms with Gasteiger partial charge in [0.25, 0.3) is 0 Å². The largest absolute Gasteiger partial charge is 0.310 e. The molecule has 15 rings (SSSR count). The predicted octanol–water partition coefficient (Wildman–Crippen LogP) is 23.0. The summed E-state index contributed by atoms with van der Waals surface area (Å²) in [5, 5.41) is 0. The maximum absolute atomic E-state index is 2.56. The number of hydrogen-bond acceptors (Lipinski definition) is 2. The normalized spacial score (nSPS) is 16.3. The van der Waals surface area contributed by atoms with Gasteiger partial charge < -0.3 is 9.80 Å². The molecule has 5 aliphatic rings. The van der Waals surface area contributed by atoms with Crippen LogP contribution < -0.4 is 9.80 Å². The third kappa shape index (κ3) is 8.72. The van der Waals surface area contributed by atoms with Crippen molar-refractivity contribution in [3.05, 3.63) is 284 Å². The zero-order valence-electron chi connectivity index (χ0n) is 50.4. The molecule has 418 valence electrons. The minimum Gasteiger partial charge on any atom is -0.310 e. The van der Waals surface area contributed by atoms with Crippen molar-refractivity contribution in [2.45, 2.75) is 122 Å². The van der Waals surface area contributed by atoms with Crippen molar-refractivity contribution < 1.29 is 0 Å². The number of rotatable bonds is 10. The van der Waals surface area contributed by atoms with Gasteiger partial charge in [0.2, 0.25) is 0 Å². The van der Waals surface area contributed by atoms with Crippen LogP contribution in [0.25, 0.3) is 57.7 Å². The number of nitrogens with zero attached hydrogens (tertiary/aromatic N) is 2. The van der Waals surface area contributed by atoms with Crippen molar-refractivity contribution in [2.24, 2.45) is 0 Å². The van der Waals surface area contributed by atoms with E-state index in [1.807, 2.05) is 0 Å². The highest BCUT2D eigenvalue weighted by atomic mass is 15.2. The van der Waals surface area contributed by atoms with Crippen molar-refractivity contribution >= 4 is 58.4 Å². The van der Waals surface area contributed by atoms with E-state index in [-0.39, 0.29) is 16.2 Å². The lowest BCUT2D eigenvalue weighted by Gasteiger charge is -2.37. The van der Waals surface area contributed by atoms with E-state index in [4.69, 9.17) is 0 Å². The maximum atomic E-state index is 2.56. The molecule has 85 heavy (non-hydrogen) atoms. The molecule has 0 heterocycles. The summed E-state index contributed by atoms with van der Waals surface area (Å²) >= 11 is 0. The molecule has 2 saturated carbocycles. The first-order chi connectivity index (χ1) is 41.5. The van der Waals surface area contributed by atoms with E-state index >= 15 is 0 Å². The summed E-state index contributed by atoms with van der Waals surface area (Å²) in [5.41, 5.74) is 34.6. The van der Waals surface area contributed by atoms with E-state index in [2.05, 4.69) is 282 Å². The Morgan fingerprint density at radius 1 is 0.282 bits per heavy atom. The minimum atomic E-state index is -0.141. The fourth-order valence-electron chi connectivity index (χ4n) is 16.3. The van der Waals surface area contributed by atoms with Crippen LogP contribution in [-0.2, 0) is 16.2 Å². The van der Waals surface area contributed by atoms with Crippen LogP contribution in [0.2, 0.25) is 0 Å². The van der Waals surface area contributed by atoms with Gasteiger partial charge in [-0.25, -0.2) is 0 Å². The first-order valence-corrected chi connectivity index (χ1v) is 31.6. The molecule has 5 aliphatic carbocycles. The maximum Gasteiger partial charge on any atom is 0.0490 e. The summed E-state index contributed by atoms with van der Waals surface area (Å²) in [5.74, 6) is 0. The fraction of sp³-hybridized carbons (Fsp3) is 0.229. The molecule has 0 amide bonds. The molecule has 0 aromatic heterocycles. The highest BCUT2D eigenvalue weighted by Gasteiger charge is 2.46. The number of fused-ring (bicyclic) bond motifs is 13. The van der Waals surface area contributed by atoms with Crippen molar-refractivity contribution in [3.8, 4) is 33.4 Å². The van der Waals surface area contributed by atoms with Gasteiger partial charge in [-0.3, -0.25) is 0 Å². The number of hydrogen-bond donors (Lipinski definition) is 0. The number of aryl methyl sites for hydroxylation is 4. The monoisotopic (exact) mass is 1100 g/mol. The van der Waals surface area contributed by atoms with Crippen LogP contribution in [0, 0.1) is 27.7 Å². The average Bonchev–Trinajstić information content (AvgIpc) is 1.72. The topological polar surface area (TPSA) is 6.48 Å². The molecule has 0 aliphatic heterocycles. The van der Waals surface area contributed by atoms with E-state index in [1.165, 1.54) is 210 Å². The van der Waals surface area contributed by atoms with Crippen LogP contribution in [0.4, 0.5) is 34.1 Å². The van der Waals surface area contributed by atoms with Gasteiger partial charge in [-0.05, 0) is 213 Å². The van der Waals surface area contributed by atoms with Crippen LogP contribution in [0.1, 0.15) is 156 Å². The van der Waals surface area contributed by atoms with E-state index in [0.29, 0.717) is 0 Å². The first kappa shape index (κ1) is 53.0. The molecule has 2 fully saturated rings. The molecule has 2 spiro atoms. The van der Waals surface area contributed by atoms with Gasteiger partial charge in [0.05, 0.1) is 0 Å². The van der Waals surface area contributed by atoms with Crippen molar-refractivity contribution in [1.29, 1.82) is 0 Å². The highest BCUT2D eigenvalue weighted by Crippen LogP contribution is 2.60. The lowest BCUT2D eigenvalue weighted by Crippen LogP contribution is -2.28. The molecule has 2 heteroatoms. The SMILES string of the molecule is Cc1ccccc1N(c1ccc2c(c1)C1(CCCCC1)c1cc(/C=C/c3ccc4c(c3)C(C)(C)c3cc(/C=C/c5ccc6c(c5)C5(CCCCC5)c5cc(N(c7ccccc7C)c7ccccc7C)ccc5-6)ccc3-4)ccc1-2)c1ccccc1C. The Hall–Kier alpha value is -8.72. The van der Waals surface area contributed by atoms with Gasteiger partial charge in [-0.2, -0.15) is 0 Å². The number of benzene rings is 10. The van der Waals surface area contributed by atoms with Crippen LogP contribution in [0.15, 0.2) is 206 Å². The number of para-hydroxylation sites is 4. The minimum absolute atomic E-state index is 0.00801. The Labute approximate surface area is 504 Å². The summed E-state index contributed by atoms with van der Waals surface area (Å²) in [6.45, 7) is 13.8. The van der Waals surface area contributed by atoms with E-state index < -0.39 is 0 Å². The highest BCUT2D eigenvalue weighted by molar-refractivity contribution is 5.91. The summed E-state index contributed by atoms with van der Waals surface area (Å²) in [4.78, 5) is 4.99. The van der Waals surface area contributed by atoms with E-state index in [9.17, 15) is 0 Å². The van der Waals surface area contributed by atoms with Gasteiger partial charge in [-0.1, -0.05) is 234 Å². The van der Waals surface area contributed by atoms with Gasteiger partial charge in [0, 0.05) is 50.4 Å². The van der Waals surface area contributed by atoms with Gasteiger partial charge in [0.1, 0.15) is 0 Å². The zero-order valence-corrected chi connectivity index (χ0v) is 50.4. The van der Waals surface area contributed by atoms with Gasteiger partial charge in [0.15, 0.2) is 0 Å². The molecule has 0 saturated heterocycles. The van der Waals surface area contributed by atoms with Crippen LogP contribution in [0.5, 0.6) is 0 Å². The van der Waals surface area contributed by atoms with E-state index in [0.717, 1.165) is 0 Å². The Morgan fingerprint density at radius 3 is 0.847 bits per heavy atom. The molecular weight excluding hydrogens is 1020 g/mol. The lowest BCUT2D eigenvalue weighted by molar-refractivity contribution is 0.353. The van der Waals surface area contributed by atoms with E-state index in [1.54, 1.807) is 0 Å². The molecule has 0 unspecified atom stereocenters. The molecule has 10 aromatic carbocycles. The summed E-state index contributed by atoms with van der Waals surface area (Å²) in [6.07, 6.45) is 21.8. The Balaban J connectivity index is 0.697. The Bertz CT molecular complexity index is 3990. The Morgan fingerprint density at radius 2 is 0.541 bits per heavy atom. The second-order valence-corrected chi connectivity index (χ2v) is 26.1. The third-order valence-corrected chi connectivity index (χ3v) is 20.8. The van der Waals surface area contributed by atoms with Crippen molar-refractivity contribution in [1.82, 2.24) is 0 Å². The molecule has 0 N–H and O–H groups in total. The lowest BCUT2D eigenvalue weighted by atomic mass is 9.67. The van der Waals surface area contributed by atoms with Crippen LogP contribution >= 0.6 is 0 Å². The third-order valence-electron chi connectivity index (χ3n) is 20.8. The van der Waals surface area contributed by atoms with Gasteiger partial charge >= 0.3 is 0 Å². The molecular formula is C83H76N2. The van der Waals surface area contributed by atoms with Crippen LogP contribution in [-0.4, -0.2) is 0 Å². The smallest absolute Gasteiger partial charge is 0.0490 e. The first-order valence-electron chi connectivity index (χ1n) is 31.6. The second kappa shape index (κ2) is 20.8. The number of anilines is 6. The fourth-order valence-corrected chi connectivity index (χ4v) is 16.3. The summed E-state index contributed by atoms with van der Waals surface area (Å²) in [6, 6.07) is 79.0. The zero-order chi connectivity index (χ0) is 57.6. The predicted molar refractivity (Wildman–Crippen MR) is 362 cm³/mol. The Kier molecular flexibility index (Phi) is 13.0. The van der Waals surface area contributed by atoms with Crippen LogP contribution in [0.3, 0.4) is 0 Å². The van der Waals surface area contributed by atoms with Crippen molar-refractivity contribution in [2.75, 3.05) is 9.80 Å². The molecule has 0 bridgehead atoms. The molecule has 0 radical (unpaired) electrons. The standard InChI is InChI=1S/C83H76N2/c1-55-21-9-13-25-77(55)84(78-26-14-10-22-56(78)2)63-37-43-69-67-41-35-61(51-73(67)82(75(69)53-63)45-17-7-18-46-82)31-29-59-33-39-65-66-40-34-60(50-72(66)81(5,6)71(65)49-59)30-32-62-36-42-68-70-44-38-64(54-76(70)83(74(68)52-62)47-19-8-20-48-83)85(79-27-15-11-23-57(79)3)80-28-16-12-24-58(80)4/h9-16,21-44,49-54H,7-8,17-20,45-48H2,1-6H3/b31-29+,32-30+. The molecule has 2 nitrogen and oxygen atoms in total. The van der Waals surface area contributed by atoms with Gasteiger partial charge in [-0.15, -0.1) is 0 Å². The average molecular weight is 1100 g/mol. The van der Waals surface area contributed by atoms with Crippen molar-refractivity contribution in [3.63, 3.8) is 0 Å². The molecule has 10 aromatic rings. The summed E-state index contributed by atoms with van der Waals surface area (Å²) < 4.78 is 0. The quantitative estimate of drug-likeness (QED) is 0.126. The summed E-state index contributed by atoms with van der Waals surface area (Å²) in [7, 11) is 0.